The Morgan fingerprint density at radius 3 is 1.54 bits per heavy atom. The van der Waals surface area contributed by atoms with E-state index in [4.69, 9.17) is 9.84 Å². The van der Waals surface area contributed by atoms with Crippen LogP contribution in [-0.2, 0) is 14.3 Å². The van der Waals surface area contributed by atoms with Gasteiger partial charge in [0, 0.05) is 6.42 Å². The van der Waals surface area contributed by atoms with Crippen molar-refractivity contribution in [3.8, 4) is 0 Å². The molecule has 154 valence electrons. The predicted molar refractivity (Wildman–Crippen MR) is 107 cm³/mol. The molecule has 0 aliphatic heterocycles. The van der Waals surface area contributed by atoms with Gasteiger partial charge >= 0.3 is 11.9 Å². The third-order valence-electron chi connectivity index (χ3n) is 4.89. The van der Waals surface area contributed by atoms with Crippen molar-refractivity contribution in [3.63, 3.8) is 0 Å². The van der Waals surface area contributed by atoms with Crippen molar-refractivity contribution in [3.05, 3.63) is 0 Å². The Morgan fingerprint density at radius 2 is 1.15 bits per heavy atom. The van der Waals surface area contributed by atoms with Gasteiger partial charge in [-0.1, -0.05) is 97.3 Å². The highest BCUT2D eigenvalue weighted by atomic mass is 16.5. The van der Waals surface area contributed by atoms with E-state index >= 15 is 0 Å². The Hall–Kier alpha value is -1.06. The number of ether oxygens (including phenoxy) is 1. The summed E-state index contributed by atoms with van der Waals surface area (Å²) in [6.07, 6.45) is 18.4. The molecule has 0 amide bonds. The van der Waals surface area contributed by atoms with E-state index in [2.05, 4.69) is 6.92 Å². The monoisotopic (exact) mass is 370 g/mol. The Labute approximate surface area is 161 Å². The van der Waals surface area contributed by atoms with E-state index in [1.807, 2.05) is 6.92 Å². The summed E-state index contributed by atoms with van der Waals surface area (Å²) in [5.74, 6) is -1.17. The summed E-state index contributed by atoms with van der Waals surface area (Å²) in [6.45, 7) is 4.10. The van der Waals surface area contributed by atoms with Gasteiger partial charge in [0.25, 0.3) is 0 Å². The number of esters is 1. The van der Waals surface area contributed by atoms with Crippen LogP contribution >= 0.6 is 0 Å². The Kier molecular flexibility index (Phi) is 18.0. The fourth-order valence-corrected chi connectivity index (χ4v) is 3.17. The molecule has 0 rings (SSSR count). The number of aliphatic carboxylic acids is 1. The number of rotatable bonds is 19. The average Bonchev–Trinajstić information content (AvgIpc) is 2.61. The molecule has 0 radical (unpaired) electrons. The molecule has 0 saturated carbocycles. The number of hydrogen-bond acceptors (Lipinski definition) is 3. The van der Waals surface area contributed by atoms with E-state index in [0.29, 0.717) is 12.8 Å². The summed E-state index contributed by atoms with van der Waals surface area (Å²) in [7, 11) is 0. The third kappa shape index (κ3) is 17.8. The molecule has 0 aromatic heterocycles. The average molecular weight is 371 g/mol. The Balaban J connectivity index is 3.32. The summed E-state index contributed by atoms with van der Waals surface area (Å²) in [5, 5.41) is 8.74. The molecule has 1 atom stereocenters. The first-order valence-electron chi connectivity index (χ1n) is 11.0. The fourth-order valence-electron chi connectivity index (χ4n) is 3.17. The quantitative estimate of drug-likeness (QED) is 0.204. The van der Waals surface area contributed by atoms with Crippen molar-refractivity contribution in [2.45, 2.75) is 129 Å². The molecule has 4 nitrogen and oxygen atoms in total. The van der Waals surface area contributed by atoms with Crippen LogP contribution in [0.4, 0.5) is 0 Å². The largest absolute Gasteiger partial charge is 0.481 e. The molecule has 26 heavy (non-hydrogen) atoms. The van der Waals surface area contributed by atoms with Crippen LogP contribution in [0.3, 0.4) is 0 Å². The zero-order chi connectivity index (χ0) is 19.5. The van der Waals surface area contributed by atoms with Crippen LogP contribution in [0.1, 0.15) is 123 Å². The first-order valence-corrected chi connectivity index (χ1v) is 11.0. The number of carbonyl (C=O) groups is 2. The van der Waals surface area contributed by atoms with Crippen molar-refractivity contribution >= 4 is 11.9 Å². The highest BCUT2D eigenvalue weighted by molar-refractivity contribution is 5.71. The van der Waals surface area contributed by atoms with Crippen molar-refractivity contribution in [2.24, 2.45) is 0 Å². The minimum absolute atomic E-state index is 0.0962. The van der Waals surface area contributed by atoms with E-state index in [1.165, 1.54) is 77.0 Å². The molecule has 4 heteroatoms. The van der Waals surface area contributed by atoms with Crippen molar-refractivity contribution in [1.82, 2.24) is 0 Å². The van der Waals surface area contributed by atoms with Crippen LogP contribution < -0.4 is 0 Å². The molecule has 0 heterocycles. The van der Waals surface area contributed by atoms with Gasteiger partial charge in [0.2, 0.25) is 0 Å². The first kappa shape index (κ1) is 24.9. The van der Waals surface area contributed by atoms with Crippen LogP contribution in [0.2, 0.25) is 0 Å². The molecule has 0 fully saturated rings. The molecule has 1 N–H and O–H groups in total. The van der Waals surface area contributed by atoms with Gasteiger partial charge in [-0.25, -0.2) is 0 Å². The minimum atomic E-state index is -0.916. The molecule has 0 aromatic rings. The second-order valence-corrected chi connectivity index (χ2v) is 7.46. The van der Waals surface area contributed by atoms with E-state index in [1.54, 1.807) is 0 Å². The van der Waals surface area contributed by atoms with Gasteiger partial charge in [-0.05, 0) is 12.8 Å². The first-order chi connectivity index (χ1) is 12.6. The fraction of sp³-hybridized carbons (Fsp3) is 0.909. The van der Waals surface area contributed by atoms with E-state index < -0.39 is 12.1 Å². The van der Waals surface area contributed by atoms with Gasteiger partial charge in [0.05, 0.1) is 6.42 Å². The number of hydrogen-bond donors (Lipinski definition) is 1. The number of carboxylic acid groups (broad SMARTS) is 1. The normalized spacial score (nSPS) is 12.1. The molecule has 0 saturated heterocycles. The maximum atomic E-state index is 11.7. The standard InChI is InChI=1S/C22H42O4/c1-3-5-6-7-8-9-10-11-12-13-14-15-16-17-18-22(25)26-20(4-2)19-21(23)24/h20H,3-19H2,1-2H3,(H,23,24). The van der Waals surface area contributed by atoms with Crippen LogP contribution in [0.15, 0.2) is 0 Å². The lowest BCUT2D eigenvalue weighted by Crippen LogP contribution is -2.20. The predicted octanol–water partition coefficient (Wildman–Crippen LogP) is 6.65. The number of carbonyl (C=O) groups excluding carboxylic acids is 1. The zero-order valence-corrected chi connectivity index (χ0v) is 17.3. The third-order valence-corrected chi connectivity index (χ3v) is 4.89. The molecule has 0 aliphatic rings. The van der Waals surface area contributed by atoms with Crippen molar-refractivity contribution in [2.75, 3.05) is 0 Å². The highest BCUT2D eigenvalue weighted by Crippen LogP contribution is 2.14. The van der Waals surface area contributed by atoms with Gasteiger partial charge in [0.1, 0.15) is 6.10 Å². The molecular formula is C22H42O4. The second-order valence-electron chi connectivity index (χ2n) is 7.46. The zero-order valence-electron chi connectivity index (χ0n) is 17.3. The van der Waals surface area contributed by atoms with E-state index in [9.17, 15) is 9.59 Å². The number of carboxylic acids is 1. The highest BCUT2D eigenvalue weighted by Gasteiger charge is 2.15. The van der Waals surface area contributed by atoms with Gasteiger partial charge in [-0.3, -0.25) is 9.59 Å². The lowest BCUT2D eigenvalue weighted by atomic mass is 10.0. The molecule has 0 aliphatic carbocycles. The van der Waals surface area contributed by atoms with Crippen LogP contribution in [-0.4, -0.2) is 23.1 Å². The molecular weight excluding hydrogens is 328 g/mol. The van der Waals surface area contributed by atoms with E-state index in [-0.39, 0.29) is 12.4 Å². The van der Waals surface area contributed by atoms with Gasteiger partial charge in [-0.15, -0.1) is 0 Å². The van der Waals surface area contributed by atoms with Crippen molar-refractivity contribution in [1.29, 1.82) is 0 Å². The molecule has 0 spiro atoms. The van der Waals surface area contributed by atoms with Crippen LogP contribution in [0, 0.1) is 0 Å². The summed E-state index contributed by atoms with van der Waals surface area (Å²) in [5.41, 5.74) is 0. The van der Waals surface area contributed by atoms with Crippen LogP contribution in [0.25, 0.3) is 0 Å². The summed E-state index contributed by atoms with van der Waals surface area (Å²) in [6, 6.07) is 0. The maximum Gasteiger partial charge on any atom is 0.307 e. The molecule has 0 bridgehead atoms. The van der Waals surface area contributed by atoms with Crippen molar-refractivity contribution < 1.29 is 19.4 Å². The van der Waals surface area contributed by atoms with Gasteiger partial charge in [-0.2, -0.15) is 0 Å². The van der Waals surface area contributed by atoms with Gasteiger partial charge < -0.3 is 9.84 Å². The Morgan fingerprint density at radius 1 is 0.731 bits per heavy atom. The minimum Gasteiger partial charge on any atom is -0.481 e. The van der Waals surface area contributed by atoms with Gasteiger partial charge in [0.15, 0.2) is 0 Å². The molecule has 1 unspecified atom stereocenters. The lowest BCUT2D eigenvalue weighted by molar-refractivity contribution is -0.153. The van der Waals surface area contributed by atoms with E-state index in [0.717, 1.165) is 12.8 Å². The SMILES string of the molecule is CCCCCCCCCCCCCCCCC(=O)OC(CC)CC(=O)O. The number of unbranched alkanes of at least 4 members (excludes halogenated alkanes) is 13. The Bertz CT molecular complexity index is 341. The maximum absolute atomic E-state index is 11.7. The second kappa shape index (κ2) is 18.7. The molecule has 0 aromatic carbocycles. The smallest absolute Gasteiger partial charge is 0.307 e. The topological polar surface area (TPSA) is 63.6 Å². The summed E-state index contributed by atoms with van der Waals surface area (Å²) < 4.78 is 5.20. The lowest BCUT2D eigenvalue weighted by Gasteiger charge is -2.13. The summed E-state index contributed by atoms with van der Waals surface area (Å²) in [4.78, 5) is 22.4. The van der Waals surface area contributed by atoms with Crippen LogP contribution in [0.5, 0.6) is 0 Å². The summed E-state index contributed by atoms with van der Waals surface area (Å²) >= 11 is 0.